The molecular formula is C15H19F2N. The van der Waals surface area contributed by atoms with Crippen LogP contribution in [0.1, 0.15) is 37.7 Å². The normalized spacial score (nSPS) is 22.2. The summed E-state index contributed by atoms with van der Waals surface area (Å²) in [5, 5.41) is 3.28. The molecule has 1 aliphatic carbocycles. The van der Waals surface area contributed by atoms with Crippen molar-refractivity contribution in [3.05, 3.63) is 47.5 Å². The zero-order chi connectivity index (χ0) is 12.8. The van der Waals surface area contributed by atoms with Gasteiger partial charge in [-0.2, -0.15) is 0 Å². The largest absolute Gasteiger partial charge is 0.306 e. The van der Waals surface area contributed by atoms with Crippen LogP contribution in [-0.2, 0) is 6.54 Å². The second kappa shape index (κ2) is 6.64. The second-order valence-electron chi connectivity index (χ2n) is 4.79. The molecule has 0 amide bonds. The third-order valence-electron chi connectivity index (χ3n) is 3.32. The molecule has 0 aliphatic heterocycles. The first kappa shape index (κ1) is 13.2. The molecule has 0 fully saturated rings. The Hall–Kier alpha value is -1.22. The van der Waals surface area contributed by atoms with Crippen molar-refractivity contribution in [2.45, 2.75) is 44.7 Å². The van der Waals surface area contributed by atoms with Crippen molar-refractivity contribution >= 4 is 0 Å². The van der Waals surface area contributed by atoms with E-state index in [1.165, 1.54) is 31.4 Å². The average Bonchev–Trinajstić information content (AvgIpc) is 2.32. The standard InChI is InChI=1S/C15H19F2N/c16-13-8-9-15(17)12(10-13)11-18-14-6-4-2-1-3-5-7-14/h4,6,8-10,14,18H,1-3,5,7,11H2/b6-4+. The van der Waals surface area contributed by atoms with Crippen LogP contribution in [0.15, 0.2) is 30.4 Å². The van der Waals surface area contributed by atoms with Crippen molar-refractivity contribution in [1.82, 2.24) is 5.32 Å². The Morgan fingerprint density at radius 2 is 2.06 bits per heavy atom. The number of hydrogen-bond donors (Lipinski definition) is 1. The van der Waals surface area contributed by atoms with Crippen LogP contribution in [-0.4, -0.2) is 6.04 Å². The van der Waals surface area contributed by atoms with Crippen molar-refractivity contribution in [2.75, 3.05) is 0 Å². The Morgan fingerprint density at radius 1 is 1.17 bits per heavy atom. The zero-order valence-corrected chi connectivity index (χ0v) is 10.5. The highest BCUT2D eigenvalue weighted by Crippen LogP contribution is 2.14. The van der Waals surface area contributed by atoms with Crippen LogP contribution in [0.3, 0.4) is 0 Å². The van der Waals surface area contributed by atoms with E-state index in [1.54, 1.807) is 0 Å². The molecule has 1 unspecified atom stereocenters. The Kier molecular flexibility index (Phi) is 4.88. The summed E-state index contributed by atoms with van der Waals surface area (Å²) >= 11 is 0. The summed E-state index contributed by atoms with van der Waals surface area (Å²) in [6.45, 7) is 0.374. The summed E-state index contributed by atoms with van der Waals surface area (Å²) in [6, 6.07) is 3.86. The minimum atomic E-state index is -0.388. The molecule has 18 heavy (non-hydrogen) atoms. The molecular weight excluding hydrogens is 232 g/mol. The van der Waals surface area contributed by atoms with Crippen LogP contribution in [0.2, 0.25) is 0 Å². The van der Waals surface area contributed by atoms with E-state index in [9.17, 15) is 8.78 Å². The van der Waals surface area contributed by atoms with Gasteiger partial charge in [0.25, 0.3) is 0 Å². The lowest BCUT2D eigenvalue weighted by Gasteiger charge is -2.17. The number of benzene rings is 1. The van der Waals surface area contributed by atoms with E-state index < -0.39 is 0 Å². The van der Waals surface area contributed by atoms with E-state index in [0.717, 1.165) is 18.9 Å². The third-order valence-corrected chi connectivity index (χ3v) is 3.32. The molecule has 0 bridgehead atoms. The summed E-state index contributed by atoms with van der Waals surface area (Å²) in [4.78, 5) is 0. The number of hydrogen-bond acceptors (Lipinski definition) is 1. The van der Waals surface area contributed by atoms with Gasteiger partial charge in [-0.1, -0.05) is 25.0 Å². The molecule has 1 atom stereocenters. The predicted molar refractivity (Wildman–Crippen MR) is 69.2 cm³/mol. The second-order valence-corrected chi connectivity index (χ2v) is 4.79. The maximum absolute atomic E-state index is 13.4. The molecule has 0 saturated carbocycles. The molecule has 1 aromatic carbocycles. The molecule has 0 radical (unpaired) electrons. The fraction of sp³-hybridized carbons (Fsp3) is 0.467. The molecule has 0 saturated heterocycles. The van der Waals surface area contributed by atoms with Crippen molar-refractivity contribution < 1.29 is 8.78 Å². The van der Waals surface area contributed by atoms with Crippen LogP contribution in [0, 0.1) is 11.6 Å². The molecule has 98 valence electrons. The van der Waals surface area contributed by atoms with Crippen molar-refractivity contribution in [1.29, 1.82) is 0 Å². The molecule has 0 aromatic heterocycles. The SMILES string of the molecule is Fc1ccc(F)c(CNC2/C=C/CCCCC2)c1. The number of halogens is 2. The van der Waals surface area contributed by atoms with Gasteiger partial charge >= 0.3 is 0 Å². The maximum atomic E-state index is 13.4. The quantitative estimate of drug-likeness (QED) is 0.802. The lowest BCUT2D eigenvalue weighted by molar-refractivity contribution is 0.496. The van der Waals surface area contributed by atoms with Gasteiger partial charge in [-0.05, 0) is 37.5 Å². The van der Waals surface area contributed by atoms with Gasteiger partial charge in [0.1, 0.15) is 11.6 Å². The van der Waals surface area contributed by atoms with Crippen molar-refractivity contribution in [2.24, 2.45) is 0 Å². The topological polar surface area (TPSA) is 12.0 Å². The molecule has 1 nitrogen and oxygen atoms in total. The Morgan fingerprint density at radius 3 is 2.94 bits per heavy atom. The monoisotopic (exact) mass is 251 g/mol. The maximum Gasteiger partial charge on any atom is 0.127 e. The van der Waals surface area contributed by atoms with Crippen molar-refractivity contribution in [3.63, 3.8) is 0 Å². The molecule has 1 N–H and O–H groups in total. The van der Waals surface area contributed by atoms with Crippen LogP contribution in [0.5, 0.6) is 0 Å². The van der Waals surface area contributed by atoms with Gasteiger partial charge in [0, 0.05) is 18.2 Å². The highest BCUT2D eigenvalue weighted by molar-refractivity contribution is 5.18. The van der Waals surface area contributed by atoms with Crippen LogP contribution >= 0.6 is 0 Å². The van der Waals surface area contributed by atoms with Crippen molar-refractivity contribution in [3.8, 4) is 0 Å². The van der Waals surface area contributed by atoms with Crippen LogP contribution in [0.25, 0.3) is 0 Å². The molecule has 0 spiro atoms. The number of nitrogens with one attached hydrogen (secondary N) is 1. The fourth-order valence-electron chi connectivity index (χ4n) is 2.25. The van der Waals surface area contributed by atoms with Crippen LogP contribution < -0.4 is 5.32 Å². The van der Waals surface area contributed by atoms with Crippen LogP contribution in [0.4, 0.5) is 8.78 Å². The highest BCUT2D eigenvalue weighted by atomic mass is 19.1. The molecule has 1 aliphatic rings. The number of rotatable bonds is 3. The summed E-state index contributed by atoms with van der Waals surface area (Å²) in [5.41, 5.74) is 0.394. The first-order valence-electron chi connectivity index (χ1n) is 6.59. The zero-order valence-electron chi connectivity index (χ0n) is 10.5. The summed E-state index contributed by atoms with van der Waals surface area (Å²) < 4.78 is 26.5. The third kappa shape index (κ3) is 3.91. The Labute approximate surface area is 107 Å². The first-order chi connectivity index (χ1) is 8.75. The van der Waals surface area contributed by atoms with E-state index in [-0.39, 0.29) is 17.7 Å². The van der Waals surface area contributed by atoms with E-state index in [4.69, 9.17) is 0 Å². The van der Waals surface area contributed by atoms with Gasteiger partial charge in [-0.3, -0.25) is 0 Å². The van der Waals surface area contributed by atoms with E-state index in [0.29, 0.717) is 12.1 Å². The first-order valence-corrected chi connectivity index (χ1v) is 6.59. The van der Waals surface area contributed by atoms with Gasteiger partial charge in [0.15, 0.2) is 0 Å². The van der Waals surface area contributed by atoms with Gasteiger partial charge in [0.2, 0.25) is 0 Å². The molecule has 1 aromatic rings. The smallest absolute Gasteiger partial charge is 0.127 e. The molecule has 2 rings (SSSR count). The van der Waals surface area contributed by atoms with Gasteiger partial charge in [-0.25, -0.2) is 8.78 Å². The summed E-state index contributed by atoms with van der Waals surface area (Å²) in [5.74, 6) is -0.736. The lowest BCUT2D eigenvalue weighted by atomic mass is 10.0. The van der Waals surface area contributed by atoms with Gasteiger partial charge in [-0.15, -0.1) is 0 Å². The van der Waals surface area contributed by atoms with E-state index in [1.807, 2.05) is 0 Å². The molecule has 3 heteroatoms. The molecule has 0 heterocycles. The van der Waals surface area contributed by atoms with Gasteiger partial charge in [0.05, 0.1) is 0 Å². The lowest BCUT2D eigenvalue weighted by Crippen LogP contribution is -2.27. The Bertz CT molecular complexity index is 415. The van der Waals surface area contributed by atoms with Gasteiger partial charge < -0.3 is 5.32 Å². The average molecular weight is 251 g/mol. The summed E-state index contributed by atoms with van der Waals surface area (Å²) in [6.07, 6.45) is 10.2. The summed E-state index contributed by atoms with van der Waals surface area (Å²) in [7, 11) is 0. The highest BCUT2D eigenvalue weighted by Gasteiger charge is 2.09. The van der Waals surface area contributed by atoms with E-state index in [2.05, 4.69) is 17.5 Å². The minimum absolute atomic E-state index is 0.271. The fourth-order valence-corrected chi connectivity index (χ4v) is 2.25. The number of allylic oxidation sites excluding steroid dienone is 1. The minimum Gasteiger partial charge on any atom is -0.306 e. The Balaban J connectivity index is 1.93. The van der Waals surface area contributed by atoms with E-state index >= 15 is 0 Å². The predicted octanol–water partition coefficient (Wildman–Crippen LogP) is 3.94.